The van der Waals surface area contributed by atoms with Crippen LogP contribution in [-0.4, -0.2) is 20.6 Å². The Hall–Kier alpha value is -3.27. The molecular formula is C21H18N4. The molecule has 0 aliphatic rings. The van der Waals surface area contributed by atoms with Crippen LogP contribution < -0.4 is 0 Å². The van der Waals surface area contributed by atoms with E-state index in [1.807, 2.05) is 0 Å². The van der Waals surface area contributed by atoms with Crippen LogP contribution in [0.1, 0.15) is 11.1 Å². The smallest absolute Gasteiger partial charge is 0.179 e. The standard InChI is InChI=1S/C21H18N4/c1-14-7-3-5-9-19(14)16-11-17(20-10-6-4-8-15(20)2)13-18(12-16)21-22-24-25-23-21/h3-13H,1-2H3,(H,22,23,24,25). The van der Waals surface area contributed by atoms with Crippen molar-refractivity contribution in [2.45, 2.75) is 13.8 Å². The Bertz CT molecular complexity index is 956. The summed E-state index contributed by atoms with van der Waals surface area (Å²) < 4.78 is 0. The van der Waals surface area contributed by atoms with Gasteiger partial charge < -0.3 is 0 Å². The molecule has 0 aliphatic heterocycles. The van der Waals surface area contributed by atoms with Gasteiger partial charge in [0, 0.05) is 5.56 Å². The van der Waals surface area contributed by atoms with Gasteiger partial charge in [-0.15, -0.1) is 5.10 Å². The minimum absolute atomic E-state index is 0.672. The first kappa shape index (κ1) is 15.3. The number of aromatic amines is 1. The third-order valence-electron chi connectivity index (χ3n) is 4.46. The number of nitrogens with one attached hydrogen (secondary N) is 1. The molecule has 0 fully saturated rings. The Balaban J connectivity index is 1.96. The summed E-state index contributed by atoms with van der Waals surface area (Å²) in [6, 6.07) is 23.3. The fourth-order valence-electron chi connectivity index (χ4n) is 3.15. The Morgan fingerprint density at radius 3 is 1.68 bits per heavy atom. The monoisotopic (exact) mass is 326 g/mol. The van der Waals surface area contributed by atoms with Crippen LogP contribution in [0.15, 0.2) is 66.7 Å². The van der Waals surface area contributed by atoms with E-state index in [1.54, 1.807) is 0 Å². The van der Waals surface area contributed by atoms with Crippen LogP contribution in [-0.2, 0) is 0 Å². The van der Waals surface area contributed by atoms with E-state index in [2.05, 4.69) is 101 Å². The van der Waals surface area contributed by atoms with Crippen LogP contribution in [0.4, 0.5) is 0 Å². The third kappa shape index (κ3) is 2.94. The highest BCUT2D eigenvalue weighted by molar-refractivity contribution is 5.81. The molecule has 0 spiro atoms. The van der Waals surface area contributed by atoms with Gasteiger partial charge in [-0.3, -0.25) is 0 Å². The number of hydrogen-bond acceptors (Lipinski definition) is 3. The van der Waals surface area contributed by atoms with E-state index in [0.29, 0.717) is 5.82 Å². The second-order valence-corrected chi connectivity index (χ2v) is 6.18. The fourth-order valence-corrected chi connectivity index (χ4v) is 3.15. The molecule has 4 nitrogen and oxygen atoms in total. The molecule has 0 saturated carbocycles. The second-order valence-electron chi connectivity index (χ2n) is 6.18. The molecule has 1 N–H and O–H groups in total. The van der Waals surface area contributed by atoms with Crippen LogP contribution in [0, 0.1) is 13.8 Å². The molecule has 0 atom stereocenters. The van der Waals surface area contributed by atoms with Gasteiger partial charge in [0.2, 0.25) is 0 Å². The fraction of sp³-hybridized carbons (Fsp3) is 0.0952. The predicted molar refractivity (Wildman–Crippen MR) is 100.0 cm³/mol. The average Bonchev–Trinajstić information content (AvgIpc) is 3.17. The molecule has 4 rings (SSSR count). The van der Waals surface area contributed by atoms with Crippen molar-refractivity contribution in [1.29, 1.82) is 0 Å². The molecule has 4 aromatic rings. The van der Waals surface area contributed by atoms with Crippen molar-refractivity contribution < 1.29 is 0 Å². The number of aryl methyl sites for hydroxylation is 2. The zero-order valence-corrected chi connectivity index (χ0v) is 14.2. The van der Waals surface area contributed by atoms with Crippen LogP contribution in [0.25, 0.3) is 33.6 Å². The molecule has 0 radical (unpaired) electrons. The molecule has 1 heterocycles. The van der Waals surface area contributed by atoms with Crippen molar-refractivity contribution >= 4 is 0 Å². The maximum Gasteiger partial charge on any atom is 0.179 e. The number of rotatable bonds is 3. The molecule has 122 valence electrons. The Kier molecular flexibility index (Phi) is 3.86. The zero-order valence-electron chi connectivity index (χ0n) is 14.2. The molecule has 0 saturated heterocycles. The highest BCUT2D eigenvalue weighted by Gasteiger charge is 2.11. The number of H-pyrrole nitrogens is 1. The zero-order chi connectivity index (χ0) is 17.2. The van der Waals surface area contributed by atoms with Crippen LogP contribution in [0.5, 0.6) is 0 Å². The van der Waals surface area contributed by atoms with Gasteiger partial charge in [0.25, 0.3) is 0 Å². The van der Waals surface area contributed by atoms with E-state index in [1.165, 1.54) is 22.3 Å². The van der Waals surface area contributed by atoms with Crippen molar-refractivity contribution in [3.05, 3.63) is 77.9 Å². The summed E-state index contributed by atoms with van der Waals surface area (Å²) in [6.07, 6.45) is 0. The van der Waals surface area contributed by atoms with Crippen LogP contribution in [0.2, 0.25) is 0 Å². The van der Waals surface area contributed by atoms with Gasteiger partial charge in [-0.1, -0.05) is 48.5 Å². The Morgan fingerprint density at radius 2 is 1.20 bits per heavy atom. The van der Waals surface area contributed by atoms with Crippen molar-refractivity contribution in [3.8, 4) is 33.6 Å². The Labute approximate surface area is 146 Å². The molecular weight excluding hydrogens is 308 g/mol. The van der Waals surface area contributed by atoms with E-state index < -0.39 is 0 Å². The molecule has 4 heteroatoms. The van der Waals surface area contributed by atoms with Gasteiger partial charge in [-0.2, -0.15) is 0 Å². The van der Waals surface area contributed by atoms with E-state index in [9.17, 15) is 0 Å². The maximum absolute atomic E-state index is 4.08. The quantitative estimate of drug-likeness (QED) is 0.587. The molecule has 1 aromatic heterocycles. The van der Waals surface area contributed by atoms with Crippen LogP contribution in [0.3, 0.4) is 0 Å². The highest BCUT2D eigenvalue weighted by Crippen LogP contribution is 2.33. The molecule has 0 bridgehead atoms. The van der Waals surface area contributed by atoms with Gasteiger partial charge in [0.1, 0.15) is 0 Å². The number of hydrogen-bond donors (Lipinski definition) is 1. The van der Waals surface area contributed by atoms with Gasteiger partial charge >= 0.3 is 0 Å². The number of aromatic nitrogens is 4. The highest BCUT2D eigenvalue weighted by atomic mass is 15.5. The summed E-state index contributed by atoms with van der Waals surface area (Å²) in [4.78, 5) is 0. The van der Waals surface area contributed by atoms with Gasteiger partial charge in [0.15, 0.2) is 5.82 Å². The molecule has 25 heavy (non-hydrogen) atoms. The van der Waals surface area contributed by atoms with E-state index >= 15 is 0 Å². The van der Waals surface area contributed by atoms with Gasteiger partial charge in [-0.05, 0) is 75.9 Å². The summed E-state index contributed by atoms with van der Waals surface area (Å²) in [7, 11) is 0. The lowest BCUT2D eigenvalue weighted by molar-refractivity contribution is 0.881. The topological polar surface area (TPSA) is 54.5 Å². The van der Waals surface area contributed by atoms with Crippen molar-refractivity contribution in [3.63, 3.8) is 0 Å². The van der Waals surface area contributed by atoms with Crippen LogP contribution >= 0.6 is 0 Å². The Morgan fingerprint density at radius 1 is 0.680 bits per heavy atom. The first-order valence-corrected chi connectivity index (χ1v) is 8.23. The molecule has 0 unspecified atom stereocenters. The molecule has 0 aliphatic carbocycles. The lowest BCUT2D eigenvalue weighted by Gasteiger charge is -2.12. The van der Waals surface area contributed by atoms with Crippen molar-refractivity contribution in [2.24, 2.45) is 0 Å². The second kappa shape index (κ2) is 6.32. The largest absolute Gasteiger partial charge is 0.239 e. The average molecular weight is 326 g/mol. The van der Waals surface area contributed by atoms with E-state index in [-0.39, 0.29) is 0 Å². The summed E-state index contributed by atoms with van der Waals surface area (Å²) in [5, 5.41) is 14.4. The SMILES string of the molecule is Cc1ccccc1-c1cc(-c2nnn[nH]2)cc(-c2ccccc2C)c1. The predicted octanol–water partition coefficient (Wildman–Crippen LogP) is 4.82. The van der Waals surface area contributed by atoms with Gasteiger partial charge in [0.05, 0.1) is 0 Å². The number of benzene rings is 3. The summed E-state index contributed by atoms with van der Waals surface area (Å²) in [6.45, 7) is 4.26. The number of tetrazole rings is 1. The van der Waals surface area contributed by atoms with E-state index in [4.69, 9.17) is 0 Å². The van der Waals surface area contributed by atoms with E-state index in [0.717, 1.165) is 16.7 Å². The minimum atomic E-state index is 0.672. The summed E-state index contributed by atoms with van der Waals surface area (Å²) in [5.74, 6) is 0.672. The lowest BCUT2D eigenvalue weighted by Crippen LogP contribution is -1.90. The summed E-state index contributed by atoms with van der Waals surface area (Å²) in [5.41, 5.74) is 8.20. The third-order valence-corrected chi connectivity index (χ3v) is 4.46. The summed E-state index contributed by atoms with van der Waals surface area (Å²) >= 11 is 0. The first-order valence-electron chi connectivity index (χ1n) is 8.23. The van der Waals surface area contributed by atoms with Crippen molar-refractivity contribution in [2.75, 3.05) is 0 Å². The van der Waals surface area contributed by atoms with Gasteiger partial charge in [-0.25, -0.2) is 5.10 Å². The maximum atomic E-state index is 4.08. The normalized spacial score (nSPS) is 10.8. The molecule has 3 aromatic carbocycles. The minimum Gasteiger partial charge on any atom is -0.239 e. The first-order chi connectivity index (χ1) is 12.2. The number of nitrogens with zero attached hydrogens (tertiary/aromatic N) is 3. The van der Waals surface area contributed by atoms with Crippen molar-refractivity contribution in [1.82, 2.24) is 20.6 Å². The lowest BCUT2D eigenvalue weighted by atomic mass is 9.92. The molecule has 0 amide bonds.